The van der Waals surface area contributed by atoms with Crippen LogP contribution in [-0.4, -0.2) is 184 Å². The van der Waals surface area contributed by atoms with Gasteiger partial charge in [0.2, 0.25) is 0 Å². The van der Waals surface area contributed by atoms with Crippen LogP contribution in [0.15, 0.2) is 0 Å². The summed E-state index contributed by atoms with van der Waals surface area (Å²) in [6.07, 6.45) is -0.101. The smallest absolute Gasteiger partial charge is 0.481 e. The summed E-state index contributed by atoms with van der Waals surface area (Å²) >= 11 is 0. The Hall–Kier alpha value is -1.73. The molecule has 0 aromatic carbocycles. The van der Waals surface area contributed by atoms with Gasteiger partial charge in [0.1, 0.15) is 0 Å². The topological polar surface area (TPSA) is 182 Å². The molecule has 1 rings (SSSR count). The number of ether oxygens (including phenoxy) is 1. The van der Waals surface area contributed by atoms with Gasteiger partial charge in [0, 0.05) is 111 Å². The van der Waals surface area contributed by atoms with Crippen molar-refractivity contribution in [2.24, 2.45) is 0 Å². The second-order valence-electron chi connectivity index (χ2n) is 11.1. The zero-order valence-electron chi connectivity index (χ0n) is 27.6. The van der Waals surface area contributed by atoms with Crippen molar-refractivity contribution in [3.8, 4) is 0 Å². The normalized spacial score (nSPS) is 17.9. The molecule has 1 saturated heterocycles. The summed E-state index contributed by atoms with van der Waals surface area (Å²) < 4.78 is 23.5. The van der Waals surface area contributed by atoms with Crippen LogP contribution in [0.3, 0.4) is 0 Å². The molecule has 0 aromatic heterocycles. The molecule has 0 bridgehead atoms. The fourth-order valence-corrected chi connectivity index (χ4v) is 7.74. The molecule has 0 radical (unpaired) electrons. The molecule has 1 unspecified atom stereocenters. The van der Waals surface area contributed by atoms with E-state index in [1.54, 1.807) is 0 Å². The number of aliphatic carboxylic acids is 3. The summed E-state index contributed by atoms with van der Waals surface area (Å²) in [7, 11) is -2.75. The number of carboxylic acids is 3. The third-order valence-corrected chi connectivity index (χ3v) is 10.7. The Balaban J connectivity index is 2.82. The van der Waals surface area contributed by atoms with Gasteiger partial charge >= 0.3 is 26.7 Å². The zero-order chi connectivity index (χ0) is 33.5. The van der Waals surface area contributed by atoms with Crippen LogP contribution in [0.5, 0.6) is 0 Å². The van der Waals surface area contributed by atoms with Crippen LogP contribution in [0.4, 0.5) is 0 Å². The van der Waals surface area contributed by atoms with Gasteiger partial charge in [-0.05, 0) is 27.2 Å². The lowest BCUT2D eigenvalue weighted by Crippen LogP contribution is -2.48. The van der Waals surface area contributed by atoms with Crippen LogP contribution >= 0.6 is 0 Å². The fraction of sp³-hybridized carbons (Fsp3) is 0.897. The number of rotatable bonds is 23. The van der Waals surface area contributed by atoms with E-state index < -0.39 is 32.8 Å². The van der Waals surface area contributed by atoms with Crippen molar-refractivity contribution in [1.82, 2.24) is 19.6 Å². The molecule has 1 aliphatic heterocycles. The number of β-amino-alcohol motifs (C(OH)–C–C–N with tert-alkyl or cyclic N) is 1. The Bertz CT molecular complexity index is 778. The second kappa shape index (κ2) is 24.4. The molecule has 4 N–H and O–H groups in total. The maximum Gasteiger partial charge on any atom is 0.501 e. The molecule has 0 spiro atoms. The number of hydrogen-bond donors (Lipinski definition) is 4. The first-order chi connectivity index (χ1) is 21.5. The molecular formula is C29H58N4O11Si. The maximum absolute atomic E-state index is 11.3. The standard InChI is InChI=1S/C29H58N4O11Si/c1-4-42-45(43-5-2,44-6-3)23-7-22-41-25-26(34)24-33-20-18-31(12-9-28(37)38)16-14-30(11-8-27(35)36)15-17-32(19-21-33)13-10-29(39)40/h26,34H,4-25H2,1-3H3,(H,35,36)(H,37,38)(H,39,40). The van der Waals surface area contributed by atoms with E-state index in [1.165, 1.54) is 0 Å². The average Bonchev–Trinajstić information content (AvgIpc) is 2.97. The molecule has 15 nitrogen and oxygen atoms in total. The molecule has 16 heteroatoms. The lowest BCUT2D eigenvalue weighted by Gasteiger charge is -2.34. The van der Waals surface area contributed by atoms with Crippen LogP contribution in [0.2, 0.25) is 6.04 Å². The summed E-state index contributed by atoms with van der Waals surface area (Å²) in [4.78, 5) is 42.1. The van der Waals surface area contributed by atoms with Gasteiger partial charge in [-0.2, -0.15) is 0 Å². The first-order valence-electron chi connectivity index (χ1n) is 16.2. The largest absolute Gasteiger partial charge is 0.501 e. The molecule has 264 valence electrons. The van der Waals surface area contributed by atoms with Gasteiger partial charge in [0.15, 0.2) is 0 Å². The predicted octanol–water partition coefficient (Wildman–Crippen LogP) is 0.448. The maximum atomic E-state index is 11.3. The fourth-order valence-electron chi connectivity index (χ4n) is 5.16. The van der Waals surface area contributed by atoms with E-state index in [2.05, 4.69) is 14.7 Å². The van der Waals surface area contributed by atoms with Crippen molar-refractivity contribution < 1.29 is 52.8 Å². The Kier molecular flexibility index (Phi) is 22.4. The van der Waals surface area contributed by atoms with Crippen LogP contribution in [0.1, 0.15) is 46.5 Å². The average molecular weight is 667 g/mol. The minimum atomic E-state index is -2.75. The van der Waals surface area contributed by atoms with Crippen molar-refractivity contribution in [2.75, 3.05) is 112 Å². The molecular weight excluding hydrogens is 608 g/mol. The summed E-state index contributed by atoms with van der Waals surface area (Å²) in [5.41, 5.74) is 0. The molecule has 1 aliphatic rings. The van der Waals surface area contributed by atoms with Crippen LogP contribution in [0, 0.1) is 0 Å². The molecule has 1 atom stereocenters. The van der Waals surface area contributed by atoms with Crippen LogP contribution < -0.4 is 0 Å². The van der Waals surface area contributed by atoms with E-state index in [4.69, 9.17) is 18.0 Å². The molecule has 0 aromatic rings. The second-order valence-corrected chi connectivity index (χ2v) is 13.8. The number of carbonyl (C=O) groups is 3. The quantitative estimate of drug-likeness (QED) is 0.0871. The van der Waals surface area contributed by atoms with Crippen LogP contribution in [-0.2, 0) is 32.4 Å². The van der Waals surface area contributed by atoms with Crippen molar-refractivity contribution >= 4 is 26.7 Å². The third-order valence-electron chi connectivity index (χ3n) is 7.50. The predicted molar refractivity (Wildman–Crippen MR) is 169 cm³/mol. The highest BCUT2D eigenvalue weighted by Gasteiger charge is 2.39. The van der Waals surface area contributed by atoms with Crippen LogP contribution in [0.25, 0.3) is 0 Å². The monoisotopic (exact) mass is 666 g/mol. The summed E-state index contributed by atoms with van der Waals surface area (Å²) in [5.74, 6) is -2.65. The van der Waals surface area contributed by atoms with E-state index >= 15 is 0 Å². The molecule has 0 amide bonds. The van der Waals surface area contributed by atoms with Crippen molar-refractivity contribution in [3.05, 3.63) is 0 Å². The minimum absolute atomic E-state index is 0.00537. The number of carboxylic acid groups (broad SMARTS) is 3. The highest BCUT2D eigenvalue weighted by Crippen LogP contribution is 2.18. The van der Waals surface area contributed by atoms with E-state index in [0.29, 0.717) is 117 Å². The minimum Gasteiger partial charge on any atom is -0.481 e. The number of nitrogens with zero attached hydrogens (tertiary/aromatic N) is 4. The van der Waals surface area contributed by atoms with Gasteiger partial charge in [0.05, 0.1) is 32.0 Å². The first kappa shape index (κ1) is 41.3. The lowest BCUT2D eigenvalue weighted by atomic mass is 10.2. The van der Waals surface area contributed by atoms with Gasteiger partial charge in [-0.3, -0.25) is 19.3 Å². The van der Waals surface area contributed by atoms with E-state index in [1.807, 2.05) is 25.7 Å². The third kappa shape index (κ3) is 20.2. The molecule has 45 heavy (non-hydrogen) atoms. The van der Waals surface area contributed by atoms with Gasteiger partial charge in [-0.15, -0.1) is 0 Å². The van der Waals surface area contributed by atoms with Gasteiger partial charge in [-0.1, -0.05) is 0 Å². The van der Waals surface area contributed by atoms with Crippen molar-refractivity contribution in [3.63, 3.8) is 0 Å². The Morgan fingerprint density at radius 1 is 0.644 bits per heavy atom. The number of hydrogen-bond acceptors (Lipinski definition) is 12. The van der Waals surface area contributed by atoms with Crippen molar-refractivity contribution in [1.29, 1.82) is 0 Å². The molecule has 1 fully saturated rings. The lowest BCUT2D eigenvalue weighted by molar-refractivity contribution is -0.138. The SMILES string of the molecule is CCO[Si](CCCOCC(O)CN1CCN(CCC(=O)O)CCN(CCC(=O)O)CCN(CCC(=O)O)CC1)(OCC)OCC. The first-order valence-corrected chi connectivity index (χ1v) is 18.2. The Morgan fingerprint density at radius 3 is 1.33 bits per heavy atom. The summed E-state index contributed by atoms with van der Waals surface area (Å²) in [6, 6.07) is 0.622. The van der Waals surface area contributed by atoms with Crippen molar-refractivity contribution in [2.45, 2.75) is 58.6 Å². The number of aliphatic hydroxyl groups excluding tert-OH is 1. The van der Waals surface area contributed by atoms with Gasteiger partial charge in [0.25, 0.3) is 0 Å². The molecule has 1 heterocycles. The molecule has 0 aliphatic carbocycles. The Labute approximate surface area is 269 Å². The van der Waals surface area contributed by atoms with Gasteiger partial charge in [-0.25, -0.2) is 0 Å². The summed E-state index contributed by atoms with van der Waals surface area (Å²) in [6.45, 7) is 13.8. The van der Waals surface area contributed by atoms with E-state index in [0.717, 1.165) is 0 Å². The molecule has 0 saturated carbocycles. The van der Waals surface area contributed by atoms with E-state index in [9.17, 15) is 34.8 Å². The zero-order valence-corrected chi connectivity index (χ0v) is 28.6. The highest BCUT2D eigenvalue weighted by atomic mass is 28.4. The Morgan fingerprint density at radius 2 is 1.00 bits per heavy atom. The van der Waals surface area contributed by atoms with Gasteiger partial charge < -0.3 is 53.1 Å². The summed E-state index contributed by atoms with van der Waals surface area (Å²) in [5, 5.41) is 38.6. The number of aliphatic hydroxyl groups is 1. The van der Waals surface area contributed by atoms with E-state index in [-0.39, 0.29) is 25.9 Å². The highest BCUT2D eigenvalue weighted by molar-refractivity contribution is 6.60.